The van der Waals surface area contributed by atoms with Gasteiger partial charge in [-0.2, -0.15) is 0 Å². The number of fused-ring (bicyclic) bond motifs is 1. The number of aromatic carboxylic acids is 1. The second kappa shape index (κ2) is 7.79. The van der Waals surface area contributed by atoms with Gasteiger partial charge in [0.1, 0.15) is 0 Å². The third kappa shape index (κ3) is 4.30. The molecule has 1 aliphatic rings. The van der Waals surface area contributed by atoms with Gasteiger partial charge in [-0.3, -0.25) is 0 Å². The lowest BCUT2D eigenvalue weighted by molar-refractivity contribution is 0.0696. The van der Waals surface area contributed by atoms with Crippen LogP contribution in [0, 0.1) is 12.3 Å². The summed E-state index contributed by atoms with van der Waals surface area (Å²) in [4.78, 5) is 14.4. The molecule has 0 atom stereocenters. The van der Waals surface area contributed by atoms with Crippen molar-refractivity contribution < 1.29 is 9.90 Å². The van der Waals surface area contributed by atoms with Crippen molar-refractivity contribution in [3.63, 3.8) is 0 Å². The Hall–Kier alpha value is -2.39. The second-order valence-corrected chi connectivity index (χ2v) is 10.1. The second-order valence-electron chi connectivity index (χ2n) is 9.04. The van der Waals surface area contributed by atoms with E-state index in [1.807, 2.05) is 0 Å². The molecule has 29 heavy (non-hydrogen) atoms. The molecule has 2 aromatic carbocycles. The van der Waals surface area contributed by atoms with Crippen molar-refractivity contribution in [3.05, 3.63) is 81.2 Å². The summed E-state index contributed by atoms with van der Waals surface area (Å²) in [6, 6.07) is 17.1. The molecule has 3 heteroatoms. The van der Waals surface area contributed by atoms with Crippen LogP contribution in [0.5, 0.6) is 0 Å². The number of carbonyl (C=O) groups is 1. The van der Waals surface area contributed by atoms with Crippen LogP contribution >= 0.6 is 11.3 Å². The van der Waals surface area contributed by atoms with E-state index in [2.05, 4.69) is 69.3 Å². The molecular weight excluding hydrogens is 376 g/mol. The fourth-order valence-corrected chi connectivity index (χ4v) is 5.57. The first-order valence-electron chi connectivity index (χ1n) is 10.4. The maximum absolute atomic E-state index is 12.2. The highest BCUT2D eigenvalue weighted by Crippen LogP contribution is 2.45. The zero-order valence-corrected chi connectivity index (χ0v) is 18.2. The van der Waals surface area contributed by atoms with Gasteiger partial charge in [0.15, 0.2) is 0 Å². The lowest BCUT2D eigenvalue weighted by atomic mass is 9.76. The molecule has 0 saturated heterocycles. The highest BCUT2D eigenvalue weighted by Gasteiger charge is 2.32. The average Bonchev–Trinajstić information content (AvgIpc) is 3.05. The summed E-state index contributed by atoms with van der Waals surface area (Å²) in [5.74, 6) is -0.791. The van der Waals surface area contributed by atoms with Crippen LogP contribution < -0.4 is 0 Å². The molecule has 1 aliphatic carbocycles. The minimum absolute atomic E-state index is 0.172. The van der Waals surface area contributed by atoms with Crippen LogP contribution in [-0.4, -0.2) is 11.1 Å². The van der Waals surface area contributed by atoms with Crippen molar-refractivity contribution in [3.8, 4) is 10.4 Å². The highest BCUT2D eigenvalue weighted by atomic mass is 32.1. The molecule has 1 heterocycles. The third-order valence-electron chi connectivity index (χ3n) is 6.00. The van der Waals surface area contributed by atoms with E-state index in [0.29, 0.717) is 5.56 Å². The molecule has 0 amide bonds. The molecular formula is C26H28O2S. The standard InChI is InChI=1S/C26H28O2S/c1-17-7-9-18(10-8-17)11-12-19-5-4-6-20(15-19)24-23(25(27)28)21-16-26(2,3)14-13-22(21)29-24/h4-10,15H,11-14,16H2,1-3H3,(H,27,28). The van der Waals surface area contributed by atoms with E-state index in [0.717, 1.165) is 48.1 Å². The molecule has 0 radical (unpaired) electrons. The normalized spacial score (nSPS) is 15.1. The minimum Gasteiger partial charge on any atom is -0.478 e. The molecule has 1 N–H and O–H groups in total. The first kappa shape index (κ1) is 19.9. The minimum atomic E-state index is -0.791. The van der Waals surface area contributed by atoms with Gasteiger partial charge in [0, 0.05) is 9.75 Å². The topological polar surface area (TPSA) is 37.3 Å². The Labute approximate surface area is 177 Å². The number of thiophene rings is 1. The van der Waals surface area contributed by atoms with Gasteiger partial charge in [-0.15, -0.1) is 11.3 Å². The first-order chi connectivity index (χ1) is 13.8. The van der Waals surface area contributed by atoms with Gasteiger partial charge in [-0.1, -0.05) is 67.9 Å². The van der Waals surface area contributed by atoms with Crippen molar-refractivity contribution in [2.45, 2.75) is 52.9 Å². The van der Waals surface area contributed by atoms with Crippen LogP contribution in [0.1, 0.15) is 57.8 Å². The van der Waals surface area contributed by atoms with Crippen LogP contribution in [0.4, 0.5) is 0 Å². The summed E-state index contributed by atoms with van der Waals surface area (Å²) in [5.41, 5.74) is 6.69. The fraction of sp³-hybridized carbons (Fsp3) is 0.346. The molecule has 3 aromatic rings. The molecule has 1 aromatic heterocycles. The largest absolute Gasteiger partial charge is 0.478 e. The van der Waals surface area contributed by atoms with Gasteiger partial charge in [-0.05, 0) is 66.7 Å². The molecule has 0 saturated carbocycles. The Morgan fingerprint density at radius 1 is 1.07 bits per heavy atom. The van der Waals surface area contributed by atoms with Crippen molar-refractivity contribution in [2.75, 3.05) is 0 Å². The molecule has 0 spiro atoms. The Kier molecular flexibility index (Phi) is 5.35. The maximum Gasteiger partial charge on any atom is 0.337 e. The summed E-state index contributed by atoms with van der Waals surface area (Å²) in [5, 5.41) is 9.99. The van der Waals surface area contributed by atoms with Gasteiger partial charge in [0.05, 0.1) is 5.56 Å². The molecule has 0 bridgehead atoms. The Bertz CT molecular complexity index is 1040. The van der Waals surface area contributed by atoms with Crippen molar-refractivity contribution in [1.29, 1.82) is 0 Å². The lowest BCUT2D eigenvalue weighted by Crippen LogP contribution is -2.22. The van der Waals surface area contributed by atoms with Gasteiger partial charge < -0.3 is 5.11 Å². The summed E-state index contributed by atoms with van der Waals surface area (Å²) in [6.45, 7) is 6.59. The van der Waals surface area contributed by atoms with E-state index in [1.54, 1.807) is 11.3 Å². The predicted molar refractivity (Wildman–Crippen MR) is 121 cm³/mol. The number of benzene rings is 2. The van der Waals surface area contributed by atoms with Crippen LogP contribution in [-0.2, 0) is 25.7 Å². The van der Waals surface area contributed by atoms with Crippen LogP contribution in [0.2, 0.25) is 0 Å². The number of carboxylic acids is 1. The molecule has 4 rings (SSSR count). The number of hydrogen-bond donors (Lipinski definition) is 1. The molecule has 0 unspecified atom stereocenters. The third-order valence-corrected chi connectivity index (χ3v) is 7.34. The summed E-state index contributed by atoms with van der Waals surface area (Å²) in [7, 11) is 0. The quantitative estimate of drug-likeness (QED) is 0.512. The van der Waals surface area contributed by atoms with Crippen molar-refractivity contribution in [2.24, 2.45) is 5.41 Å². The zero-order valence-electron chi connectivity index (χ0n) is 17.4. The predicted octanol–water partition coefficient (Wildman–Crippen LogP) is 6.72. The summed E-state index contributed by atoms with van der Waals surface area (Å²) < 4.78 is 0. The van der Waals surface area contributed by atoms with E-state index >= 15 is 0 Å². The number of carboxylic acid groups (broad SMARTS) is 1. The Morgan fingerprint density at radius 2 is 1.79 bits per heavy atom. The monoisotopic (exact) mass is 404 g/mol. The SMILES string of the molecule is Cc1ccc(CCc2cccc(-c3sc4c(c3C(=O)O)CC(C)(C)CC4)c2)cc1. The smallest absolute Gasteiger partial charge is 0.337 e. The number of aryl methyl sites for hydroxylation is 4. The van der Waals surface area contributed by atoms with Crippen LogP contribution in [0.25, 0.3) is 10.4 Å². The van der Waals surface area contributed by atoms with E-state index in [1.165, 1.54) is 21.6 Å². The Balaban J connectivity index is 1.64. The average molecular weight is 405 g/mol. The van der Waals surface area contributed by atoms with Gasteiger partial charge in [0.2, 0.25) is 0 Å². The van der Waals surface area contributed by atoms with Crippen molar-refractivity contribution >= 4 is 17.3 Å². The van der Waals surface area contributed by atoms with Gasteiger partial charge in [0.25, 0.3) is 0 Å². The first-order valence-corrected chi connectivity index (χ1v) is 11.2. The summed E-state index contributed by atoms with van der Waals surface area (Å²) in [6.07, 6.45) is 4.91. The highest BCUT2D eigenvalue weighted by molar-refractivity contribution is 7.16. The molecule has 0 fully saturated rings. The maximum atomic E-state index is 12.2. The van der Waals surface area contributed by atoms with Crippen LogP contribution in [0.15, 0.2) is 48.5 Å². The zero-order chi connectivity index (χ0) is 20.6. The van der Waals surface area contributed by atoms with Crippen LogP contribution in [0.3, 0.4) is 0 Å². The molecule has 0 aliphatic heterocycles. The molecule has 150 valence electrons. The lowest BCUT2D eigenvalue weighted by Gasteiger charge is -2.29. The van der Waals surface area contributed by atoms with Gasteiger partial charge >= 0.3 is 5.97 Å². The van der Waals surface area contributed by atoms with E-state index in [-0.39, 0.29) is 5.41 Å². The van der Waals surface area contributed by atoms with E-state index < -0.39 is 5.97 Å². The summed E-state index contributed by atoms with van der Waals surface area (Å²) >= 11 is 1.69. The fourth-order valence-electron chi connectivity index (χ4n) is 4.26. The van der Waals surface area contributed by atoms with Gasteiger partial charge in [-0.25, -0.2) is 4.79 Å². The van der Waals surface area contributed by atoms with Crippen molar-refractivity contribution in [1.82, 2.24) is 0 Å². The van der Waals surface area contributed by atoms with E-state index in [4.69, 9.17) is 0 Å². The Morgan fingerprint density at radius 3 is 2.52 bits per heavy atom. The number of hydrogen-bond acceptors (Lipinski definition) is 2. The molecule has 2 nitrogen and oxygen atoms in total. The number of rotatable bonds is 5. The van der Waals surface area contributed by atoms with E-state index in [9.17, 15) is 9.90 Å².